The topological polar surface area (TPSA) is 95.7 Å². The molecule has 0 heterocycles. The van der Waals surface area contributed by atoms with Crippen LogP contribution < -0.4 is 9.47 Å². The van der Waals surface area contributed by atoms with Crippen LogP contribution in [0.4, 0.5) is 5.69 Å². The van der Waals surface area contributed by atoms with Crippen LogP contribution in [0.25, 0.3) is 0 Å². The third-order valence-corrected chi connectivity index (χ3v) is 3.57. The molecule has 3 rings (SSSR count). The molecule has 0 radical (unpaired) electrons. The van der Waals surface area contributed by atoms with Gasteiger partial charge in [-0.2, -0.15) is 0 Å². The van der Waals surface area contributed by atoms with Crippen molar-refractivity contribution >= 4 is 17.6 Å². The predicted molar refractivity (Wildman–Crippen MR) is 95.9 cm³/mol. The van der Waals surface area contributed by atoms with Crippen LogP contribution >= 0.6 is 0 Å². The molecule has 0 saturated carbocycles. The standard InChI is InChI=1S/C20H13NO6/c22-19(14-8-3-1-4-9-14)26-16-12-7-13-17(18(16)21(24)25)27-20(23)15-10-5-2-6-11-15/h1-13H. The van der Waals surface area contributed by atoms with E-state index in [1.54, 1.807) is 36.4 Å². The third-order valence-electron chi connectivity index (χ3n) is 3.57. The zero-order chi connectivity index (χ0) is 19.2. The van der Waals surface area contributed by atoms with E-state index in [2.05, 4.69) is 0 Å². The summed E-state index contributed by atoms with van der Waals surface area (Å²) in [5, 5.41) is 11.5. The molecule has 27 heavy (non-hydrogen) atoms. The van der Waals surface area contributed by atoms with E-state index in [4.69, 9.17) is 9.47 Å². The number of esters is 2. The van der Waals surface area contributed by atoms with Gasteiger partial charge in [-0.3, -0.25) is 10.1 Å². The van der Waals surface area contributed by atoms with E-state index in [0.717, 1.165) is 0 Å². The molecule has 0 aliphatic carbocycles. The van der Waals surface area contributed by atoms with Crippen molar-refractivity contribution in [2.24, 2.45) is 0 Å². The minimum Gasteiger partial charge on any atom is -0.415 e. The Bertz CT molecular complexity index is 914. The van der Waals surface area contributed by atoms with Gasteiger partial charge in [0.2, 0.25) is 11.5 Å². The Balaban J connectivity index is 1.90. The molecule has 0 spiro atoms. The number of ether oxygens (including phenoxy) is 2. The number of nitro benzene ring substituents is 1. The maximum absolute atomic E-state index is 12.2. The first kappa shape index (κ1) is 17.8. The maximum atomic E-state index is 12.2. The molecule has 0 N–H and O–H groups in total. The van der Waals surface area contributed by atoms with E-state index in [9.17, 15) is 19.7 Å². The number of hydrogen-bond donors (Lipinski definition) is 0. The van der Waals surface area contributed by atoms with Gasteiger partial charge in [-0.05, 0) is 36.4 Å². The SMILES string of the molecule is O=C(Oc1cccc(OC(=O)c2ccccc2)c1[N+](=O)[O-])c1ccccc1. The van der Waals surface area contributed by atoms with Crippen LogP contribution in [0, 0.1) is 10.1 Å². The lowest BCUT2D eigenvalue weighted by Gasteiger charge is -2.09. The first-order valence-electron chi connectivity index (χ1n) is 7.88. The number of nitro groups is 1. The molecule has 0 saturated heterocycles. The molecule has 7 nitrogen and oxygen atoms in total. The number of hydrogen-bond acceptors (Lipinski definition) is 6. The summed E-state index contributed by atoms with van der Waals surface area (Å²) in [5.74, 6) is -2.14. The summed E-state index contributed by atoms with van der Waals surface area (Å²) in [5.41, 5.74) is -0.136. The van der Waals surface area contributed by atoms with Crippen molar-refractivity contribution in [3.8, 4) is 11.5 Å². The Kier molecular flexibility index (Phi) is 5.22. The fraction of sp³-hybridized carbons (Fsp3) is 0. The molecule has 7 heteroatoms. The highest BCUT2D eigenvalue weighted by atomic mass is 16.6. The molecule has 0 fully saturated rings. The van der Waals surface area contributed by atoms with Crippen LogP contribution in [-0.4, -0.2) is 16.9 Å². The second-order valence-electron chi connectivity index (χ2n) is 5.37. The molecular formula is C20H13NO6. The molecule has 0 aliphatic heterocycles. The molecule has 134 valence electrons. The summed E-state index contributed by atoms with van der Waals surface area (Å²) in [6.45, 7) is 0. The van der Waals surface area contributed by atoms with Crippen molar-refractivity contribution in [3.05, 3.63) is 100 Å². The first-order valence-corrected chi connectivity index (χ1v) is 7.88. The van der Waals surface area contributed by atoms with Crippen LogP contribution in [-0.2, 0) is 0 Å². The van der Waals surface area contributed by atoms with Gasteiger partial charge in [-0.1, -0.05) is 42.5 Å². The van der Waals surface area contributed by atoms with E-state index in [1.807, 2.05) is 0 Å². The summed E-state index contributed by atoms with van der Waals surface area (Å²) >= 11 is 0. The molecule has 0 atom stereocenters. The number of nitrogens with zero attached hydrogens (tertiary/aromatic N) is 1. The first-order chi connectivity index (χ1) is 13.1. The molecule has 3 aromatic carbocycles. The van der Waals surface area contributed by atoms with E-state index in [0.29, 0.717) is 0 Å². The normalized spacial score (nSPS) is 10.1. The van der Waals surface area contributed by atoms with Gasteiger partial charge in [0.1, 0.15) is 0 Å². The van der Waals surface area contributed by atoms with Gasteiger partial charge in [0.25, 0.3) is 0 Å². The lowest BCUT2D eigenvalue weighted by Crippen LogP contribution is -2.12. The summed E-state index contributed by atoms with van der Waals surface area (Å²) in [7, 11) is 0. The highest BCUT2D eigenvalue weighted by molar-refractivity contribution is 5.93. The van der Waals surface area contributed by atoms with Crippen LogP contribution in [0.5, 0.6) is 11.5 Å². The molecular weight excluding hydrogens is 350 g/mol. The van der Waals surface area contributed by atoms with Crippen LogP contribution in [0.2, 0.25) is 0 Å². The lowest BCUT2D eigenvalue weighted by atomic mass is 10.2. The minimum atomic E-state index is -0.763. The van der Waals surface area contributed by atoms with Gasteiger partial charge in [0.05, 0.1) is 16.1 Å². The van der Waals surface area contributed by atoms with Gasteiger partial charge >= 0.3 is 17.6 Å². The Morgan fingerprint density at radius 3 is 1.44 bits per heavy atom. The van der Waals surface area contributed by atoms with Gasteiger partial charge in [-0.15, -0.1) is 0 Å². The van der Waals surface area contributed by atoms with E-state index >= 15 is 0 Å². The van der Waals surface area contributed by atoms with Crippen molar-refractivity contribution in [3.63, 3.8) is 0 Å². The second kappa shape index (κ2) is 7.92. The van der Waals surface area contributed by atoms with Crippen molar-refractivity contribution in [1.29, 1.82) is 0 Å². The summed E-state index contributed by atoms with van der Waals surface area (Å²) < 4.78 is 10.3. The number of carbonyl (C=O) groups is 2. The smallest absolute Gasteiger partial charge is 0.353 e. The van der Waals surface area contributed by atoms with Crippen molar-refractivity contribution in [2.45, 2.75) is 0 Å². The average Bonchev–Trinajstić information content (AvgIpc) is 2.69. The summed E-state index contributed by atoms with van der Waals surface area (Å²) in [6, 6.07) is 20.0. The summed E-state index contributed by atoms with van der Waals surface area (Å²) in [6.07, 6.45) is 0. The molecule has 3 aromatic rings. The Hall–Kier alpha value is -4.00. The number of benzene rings is 3. The van der Waals surface area contributed by atoms with Gasteiger partial charge < -0.3 is 9.47 Å². The van der Waals surface area contributed by atoms with Gasteiger partial charge in [0.15, 0.2) is 0 Å². The van der Waals surface area contributed by atoms with Crippen LogP contribution in [0.3, 0.4) is 0 Å². The van der Waals surface area contributed by atoms with E-state index in [-0.39, 0.29) is 22.6 Å². The van der Waals surface area contributed by atoms with Crippen molar-refractivity contribution in [2.75, 3.05) is 0 Å². The monoisotopic (exact) mass is 363 g/mol. The highest BCUT2D eigenvalue weighted by Crippen LogP contribution is 2.37. The van der Waals surface area contributed by atoms with Crippen LogP contribution in [0.1, 0.15) is 20.7 Å². The fourth-order valence-corrected chi connectivity index (χ4v) is 2.31. The molecule has 0 bridgehead atoms. The minimum absolute atomic E-state index is 0.235. The fourth-order valence-electron chi connectivity index (χ4n) is 2.31. The third kappa shape index (κ3) is 4.16. The zero-order valence-electron chi connectivity index (χ0n) is 13.9. The highest BCUT2D eigenvalue weighted by Gasteiger charge is 2.26. The van der Waals surface area contributed by atoms with Crippen LogP contribution in [0.15, 0.2) is 78.9 Å². The Morgan fingerprint density at radius 2 is 1.07 bits per heavy atom. The Morgan fingerprint density at radius 1 is 0.667 bits per heavy atom. The van der Waals surface area contributed by atoms with E-state index < -0.39 is 22.5 Å². The Labute approximate surface area is 153 Å². The number of para-hydroxylation sites is 1. The van der Waals surface area contributed by atoms with Gasteiger partial charge in [-0.25, -0.2) is 9.59 Å². The predicted octanol–water partition coefficient (Wildman–Crippen LogP) is 4.03. The van der Waals surface area contributed by atoms with Gasteiger partial charge in [0, 0.05) is 0 Å². The van der Waals surface area contributed by atoms with Crippen molar-refractivity contribution in [1.82, 2.24) is 0 Å². The maximum Gasteiger partial charge on any atom is 0.353 e. The van der Waals surface area contributed by atoms with Crippen molar-refractivity contribution < 1.29 is 24.0 Å². The average molecular weight is 363 g/mol. The molecule has 0 aliphatic rings. The largest absolute Gasteiger partial charge is 0.415 e. The quantitative estimate of drug-likeness (QED) is 0.294. The molecule has 0 amide bonds. The number of rotatable bonds is 5. The number of carbonyl (C=O) groups excluding carboxylic acids is 2. The lowest BCUT2D eigenvalue weighted by molar-refractivity contribution is -0.386. The zero-order valence-corrected chi connectivity index (χ0v) is 13.9. The molecule has 0 unspecified atom stereocenters. The second-order valence-corrected chi connectivity index (χ2v) is 5.37. The van der Waals surface area contributed by atoms with E-state index in [1.165, 1.54) is 42.5 Å². The molecule has 0 aromatic heterocycles. The summed E-state index contributed by atoms with van der Waals surface area (Å²) in [4.78, 5) is 35.1.